The minimum Gasteiger partial charge on any atom is -0.388 e. The van der Waals surface area contributed by atoms with Gasteiger partial charge in [0, 0.05) is 32.0 Å². The molecule has 1 aliphatic heterocycles. The second-order valence-corrected chi connectivity index (χ2v) is 5.31. The average Bonchev–Trinajstić information content (AvgIpc) is 2.78. The van der Waals surface area contributed by atoms with Crippen molar-refractivity contribution in [2.24, 2.45) is 11.8 Å². The molecule has 2 rings (SSSR count). The summed E-state index contributed by atoms with van der Waals surface area (Å²) >= 11 is 0. The molecule has 1 aliphatic rings. The first-order chi connectivity index (χ1) is 8.19. The van der Waals surface area contributed by atoms with Crippen LogP contribution in [0.2, 0.25) is 0 Å². The van der Waals surface area contributed by atoms with E-state index in [2.05, 4.69) is 35.1 Å². The molecule has 3 nitrogen and oxygen atoms in total. The highest BCUT2D eigenvalue weighted by molar-refractivity contribution is 5.42. The van der Waals surface area contributed by atoms with Gasteiger partial charge in [-0.15, -0.1) is 0 Å². The summed E-state index contributed by atoms with van der Waals surface area (Å²) < 4.78 is 0. The monoisotopic (exact) mass is 233 g/mol. The molecule has 1 atom stereocenters. The number of pyridine rings is 1. The van der Waals surface area contributed by atoms with Crippen molar-refractivity contribution >= 4 is 5.69 Å². The zero-order valence-electron chi connectivity index (χ0n) is 11.1. The fourth-order valence-corrected chi connectivity index (χ4v) is 2.50. The molecule has 0 amide bonds. The van der Waals surface area contributed by atoms with Gasteiger partial charge in [-0.05, 0) is 36.9 Å². The van der Waals surface area contributed by atoms with E-state index >= 15 is 0 Å². The molecule has 2 heterocycles. The Kier molecular flexibility index (Phi) is 4.00. The molecule has 1 N–H and O–H groups in total. The van der Waals surface area contributed by atoms with E-state index in [9.17, 15) is 0 Å². The van der Waals surface area contributed by atoms with Crippen LogP contribution < -0.4 is 5.32 Å². The predicted molar refractivity (Wildman–Crippen MR) is 72.0 cm³/mol. The minimum absolute atomic E-state index is 0.802. The molecule has 0 radical (unpaired) electrons. The number of anilines is 1. The topological polar surface area (TPSA) is 28.2 Å². The van der Waals surface area contributed by atoms with Crippen LogP contribution in [0.5, 0.6) is 0 Å². The molecule has 1 aromatic heterocycles. The Balaban J connectivity index is 1.93. The molecule has 17 heavy (non-hydrogen) atoms. The van der Waals surface area contributed by atoms with Gasteiger partial charge in [-0.1, -0.05) is 13.8 Å². The Morgan fingerprint density at radius 3 is 3.00 bits per heavy atom. The number of rotatable bonds is 4. The van der Waals surface area contributed by atoms with Gasteiger partial charge in [0.15, 0.2) is 0 Å². The van der Waals surface area contributed by atoms with Crippen LogP contribution in [0.4, 0.5) is 5.69 Å². The van der Waals surface area contributed by atoms with Crippen LogP contribution in [0, 0.1) is 11.8 Å². The molecule has 0 aliphatic carbocycles. The standard InChI is InChI=1S/C14H23N3/c1-11(2)12-5-7-17(9-12)10-14-8-13(15-3)4-6-16-14/h4,6,8,11-12H,5,7,9-10H2,1-3H3,(H,15,16). The van der Waals surface area contributed by atoms with Crippen molar-refractivity contribution in [3.63, 3.8) is 0 Å². The van der Waals surface area contributed by atoms with Gasteiger partial charge in [0.25, 0.3) is 0 Å². The van der Waals surface area contributed by atoms with E-state index in [1.807, 2.05) is 19.3 Å². The SMILES string of the molecule is CNc1ccnc(CN2CCC(C(C)C)C2)c1. The Hall–Kier alpha value is -1.09. The van der Waals surface area contributed by atoms with Crippen molar-refractivity contribution in [1.82, 2.24) is 9.88 Å². The van der Waals surface area contributed by atoms with Crippen molar-refractivity contribution in [3.8, 4) is 0 Å². The third kappa shape index (κ3) is 3.19. The highest BCUT2D eigenvalue weighted by Gasteiger charge is 2.24. The first-order valence-corrected chi connectivity index (χ1v) is 6.54. The zero-order valence-corrected chi connectivity index (χ0v) is 11.1. The third-order valence-corrected chi connectivity index (χ3v) is 3.74. The normalized spacial score (nSPS) is 21.1. The fourth-order valence-electron chi connectivity index (χ4n) is 2.50. The van der Waals surface area contributed by atoms with Crippen LogP contribution >= 0.6 is 0 Å². The summed E-state index contributed by atoms with van der Waals surface area (Å²) in [6, 6.07) is 4.15. The van der Waals surface area contributed by atoms with Gasteiger partial charge in [-0.2, -0.15) is 0 Å². The van der Waals surface area contributed by atoms with Gasteiger partial charge in [-0.25, -0.2) is 0 Å². The molecule has 0 saturated carbocycles. The summed E-state index contributed by atoms with van der Waals surface area (Å²) in [7, 11) is 1.95. The molecular weight excluding hydrogens is 210 g/mol. The smallest absolute Gasteiger partial charge is 0.0564 e. The largest absolute Gasteiger partial charge is 0.388 e. The Morgan fingerprint density at radius 1 is 1.53 bits per heavy atom. The molecule has 3 heteroatoms. The van der Waals surface area contributed by atoms with Crippen molar-refractivity contribution < 1.29 is 0 Å². The van der Waals surface area contributed by atoms with E-state index in [0.29, 0.717) is 0 Å². The number of nitrogens with one attached hydrogen (secondary N) is 1. The second kappa shape index (κ2) is 5.50. The summed E-state index contributed by atoms with van der Waals surface area (Å²) in [5.74, 6) is 1.67. The van der Waals surface area contributed by atoms with E-state index in [4.69, 9.17) is 0 Å². The van der Waals surface area contributed by atoms with Gasteiger partial charge in [0.1, 0.15) is 0 Å². The van der Waals surface area contributed by atoms with Crippen LogP contribution in [0.3, 0.4) is 0 Å². The van der Waals surface area contributed by atoms with E-state index < -0.39 is 0 Å². The summed E-state index contributed by atoms with van der Waals surface area (Å²) in [5, 5.41) is 3.16. The van der Waals surface area contributed by atoms with Crippen LogP contribution in [0.15, 0.2) is 18.3 Å². The Morgan fingerprint density at radius 2 is 2.35 bits per heavy atom. The number of aromatic nitrogens is 1. The number of likely N-dealkylation sites (tertiary alicyclic amines) is 1. The van der Waals surface area contributed by atoms with E-state index in [1.54, 1.807) is 0 Å². The quantitative estimate of drug-likeness (QED) is 0.866. The highest BCUT2D eigenvalue weighted by Crippen LogP contribution is 2.24. The fraction of sp³-hybridized carbons (Fsp3) is 0.643. The van der Waals surface area contributed by atoms with E-state index in [0.717, 1.165) is 24.1 Å². The van der Waals surface area contributed by atoms with Crippen molar-refractivity contribution in [2.75, 3.05) is 25.5 Å². The number of hydrogen-bond donors (Lipinski definition) is 1. The molecule has 0 spiro atoms. The molecule has 94 valence electrons. The van der Waals surface area contributed by atoms with Crippen LogP contribution in [-0.2, 0) is 6.54 Å². The lowest BCUT2D eigenvalue weighted by Gasteiger charge is -2.17. The molecule has 0 aromatic carbocycles. The molecule has 1 fully saturated rings. The maximum Gasteiger partial charge on any atom is 0.0564 e. The van der Waals surface area contributed by atoms with Crippen LogP contribution in [0.25, 0.3) is 0 Å². The zero-order chi connectivity index (χ0) is 12.3. The minimum atomic E-state index is 0.802. The summed E-state index contributed by atoms with van der Waals surface area (Å²) in [5.41, 5.74) is 2.32. The van der Waals surface area contributed by atoms with Gasteiger partial charge < -0.3 is 5.32 Å². The van der Waals surface area contributed by atoms with Crippen molar-refractivity contribution in [2.45, 2.75) is 26.8 Å². The Bertz CT molecular complexity index is 362. The molecular formula is C14H23N3. The first kappa shape index (κ1) is 12.4. The molecule has 1 aromatic rings. The lowest BCUT2D eigenvalue weighted by atomic mass is 9.95. The summed E-state index contributed by atoms with van der Waals surface area (Å²) in [4.78, 5) is 6.96. The lowest BCUT2D eigenvalue weighted by molar-refractivity contribution is 0.294. The summed E-state index contributed by atoms with van der Waals surface area (Å²) in [6.45, 7) is 8.08. The maximum absolute atomic E-state index is 4.44. The third-order valence-electron chi connectivity index (χ3n) is 3.74. The van der Waals surface area contributed by atoms with Gasteiger partial charge >= 0.3 is 0 Å². The molecule has 0 bridgehead atoms. The second-order valence-electron chi connectivity index (χ2n) is 5.31. The molecule has 1 unspecified atom stereocenters. The van der Waals surface area contributed by atoms with Crippen molar-refractivity contribution in [3.05, 3.63) is 24.0 Å². The Labute approximate surface area is 104 Å². The maximum atomic E-state index is 4.44. The van der Waals surface area contributed by atoms with E-state index in [1.165, 1.54) is 25.2 Å². The van der Waals surface area contributed by atoms with Gasteiger partial charge in [-0.3, -0.25) is 9.88 Å². The van der Waals surface area contributed by atoms with Gasteiger partial charge in [0.2, 0.25) is 0 Å². The van der Waals surface area contributed by atoms with Gasteiger partial charge in [0.05, 0.1) is 5.69 Å². The van der Waals surface area contributed by atoms with Crippen LogP contribution in [0.1, 0.15) is 26.0 Å². The highest BCUT2D eigenvalue weighted by atomic mass is 15.2. The molecule has 1 saturated heterocycles. The van der Waals surface area contributed by atoms with Crippen molar-refractivity contribution in [1.29, 1.82) is 0 Å². The first-order valence-electron chi connectivity index (χ1n) is 6.54. The number of nitrogens with zero attached hydrogens (tertiary/aromatic N) is 2. The average molecular weight is 233 g/mol. The van der Waals surface area contributed by atoms with Crippen LogP contribution in [-0.4, -0.2) is 30.0 Å². The van der Waals surface area contributed by atoms with E-state index in [-0.39, 0.29) is 0 Å². The number of hydrogen-bond acceptors (Lipinski definition) is 3. The summed E-state index contributed by atoms with van der Waals surface area (Å²) in [6.07, 6.45) is 3.22. The lowest BCUT2D eigenvalue weighted by Crippen LogP contribution is -2.22. The predicted octanol–water partition coefficient (Wildman–Crippen LogP) is 2.60.